The highest BCUT2D eigenvalue weighted by atomic mass is 14.7. The molecular formula is C58H34N2. The van der Waals surface area contributed by atoms with Crippen LogP contribution in [0.3, 0.4) is 0 Å². The topological polar surface area (TPSA) is 25.8 Å². The molecule has 0 radical (unpaired) electrons. The van der Waals surface area contributed by atoms with Gasteiger partial charge in [0.05, 0.1) is 16.7 Å². The Bertz CT molecular complexity index is 3660. The lowest BCUT2D eigenvalue weighted by molar-refractivity contribution is 1.37. The van der Waals surface area contributed by atoms with Gasteiger partial charge in [-0.1, -0.05) is 176 Å². The molecule has 0 atom stereocenters. The SMILES string of the molecule is c1ccc(-c2c3c(c(-c4ccccc4)c4ccccc24)-c2ccc(-c4cc5ccc(-c6ccc7ccc8cccnc8c7n6)cc5c5ccccc45)c4cccc-3c24)cc1. The van der Waals surface area contributed by atoms with E-state index in [9.17, 15) is 0 Å². The predicted octanol–water partition coefficient (Wildman–Crippen LogP) is 15.7. The molecule has 0 aliphatic heterocycles. The van der Waals surface area contributed by atoms with Crippen molar-refractivity contribution in [3.8, 4) is 66.9 Å². The van der Waals surface area contributed by atoms with Crippen LogP contribution >= 0.6 is 0 Å². The molecule has 10 aromatic carbocycles. The standard InChI is InChI=1S/C58H34N2/c1-3-13-35(14-4-1)52-45-20-9-10-21-46(45)53(36-15-5-2-6-16-36)56-48-30-29-43(44-22-11-23-47(54(44)48)55(52)56)50-33-39-26-27-40(34-49(39)41-18-7-8-19-42(41)50)51-31-28-38-25-24-37-17-12-32-59-57(37)58(38)60-51/h1-34H. The molecule has 0 fully saturated rings. The molecule has 0 unspecified atom stereocenters. The van der Waals surface area contributed by atoms with Gasteiger partial charge < -0.3 is 0 Å². The summed E-state index contributed by atoms with van der Waals surface area (Å²) >= 11 is 0. The Hall–Kier alpha value is -7.94. The minimum absolute atomic E-state index is 0.931. The molecule has 2 aromatic heterocycles. The van der Waals surface area contributed by atoms with Crippen molar-refractivity contribution in [2.45, 2.75) is 0 Å². The monoisotopic (exact) mass is 758 g/mol. The summed E-state index contributed by atoms with van der Waals surface area (Å²) in [6.45, 7) is 0. The Labute approximate surface area is 346 Å². The number of pyridine rings is 2. The van der Waals surface area contributed by atoms with Crippen molar-refractivity contribution < 1.29 is 0 Å². The maximum absolute atomic E-state index is 5.21. The Kier molecular flexibility index (Phi) is 7.05. The van der Waals surface area contributed by atoms with Gasteiger partial charge in [-0.05, 0) is 123 Å². The average molecular weight is 759 g/mol. The summed E-state index contributed by atoms with van der Waals surface area (Å²) in [5.74, 6) is 0. The molecule has 60 heavy (non-hydrogen) atoms. The largest absolute Gasteiger partial charge is 0.254 e. The van der Waals surface area contributed by atoms with E-state index in [1.54, 1.807) is 0 Å². The third kappa shape index (κ3) is 4.76. The van der Waals surface area contributed by atoms with Crippen LogP contribution in [0, 0.1) is 0 Å². The minimum Gasteiger partial charge on any atom is -0.254 e. The van der Waals surface area contributed by atoms with E-state index in [1.807, 2.05) is 12.3 Å². The zero-order valence-electron chi connectivity index (χ0n) is 32.5. The predicted molar refractivity (Wildman–Crippen MR) is 253 cm³/mol. The third-order valence-corrected chi connectivity index (χ3v) is 12.8. The lowest BCUT2D eigenvalue weighted by Crippen LogP contribution is -1.93. The molecule has 1 aliphatic carbocycles. The molecule has 0 saturated heterocycles. The van der Waals surface area contributed by atoms with E-state index < -0.39 is 0 Å². The molecular weight excluding hydrogens is 725 g/mol. The van der Waals surface area contributed by atoms with Crippen molar-refractivity contribution in [2.24, 2.45) is 0 Å². The maximum Gasteiger partial charge on any atom is 0.0972 e. The lowest BCUT2D eigenvalue weighted by Gasteiger charge is -2.20. The second kappa shape index (κ2) is 12.8. The number of benzene rings is 10. The molecule has 13 rings (SSSR count). The fraction of sp³-hybridized carbons (Fsp3) is 0. The average Bonchev–Trinajstić information content (AvgIpc) is 3.65. The first-order valence-electron chi connectivity index (χ1n) is 20.7. The fourth-order valence-corrected chi connectivity index (χ4v) is 10.2. The molecule has 2 heterocycles. The van der Waals surface area contributed by atoms with Gasteiger partial charge in [0.15, 0.2) is 0 Å². The van der Waals surface area contributed by atoms with Gasteiger partial charge in [0.25, 0.3) is 0 Å². The van der Waals surface area contributed by atoms with Gasteiger partial charge >= 0.3 is 0 Å². The Morgan fingerprint density at radius 2 is 0.867 bits per heavy atom. The van der Waals surface area contributed by atoms with Gasteiger partial charge in [0.1, 0.15) is 0 Å². The van der Waals surface area contributed by atoms with Gasteiger partial charge in [-0.15, -0.1) is 0 Å². The molecule has 0 N–H and O–H groups in total. The summed E-state index contributed by atoms with van der Waals surface area (Å²) in [7, 11) is 0. The molecule has 2 nitrogen and oxygen atoms in total. The maximum atomic E-state index is 5.21. The van der Waals surface area contributed by atoms with Crippen molar-refractivity contribution in [1.82, 2.24) is 9.97 Å². The first-order chi connectivity index (χ1) is 29.8. The van der Waals surface area contributed by atoms with Gasteiger partial charge in [-0.25, -0.2) is 4.98 Å². The van der Waals surface area contributed by atoms with Crippen molar-refractivity contribution in [3.63, 3.8) is 0 Å². The van der Waals surface area contributed by atoms with E-state index in [0.29, 0.717) is 0 Å². The Balaban J connectivity index is 1.05. The van der Waals surface area contributed by atoms with Crippen molar-refractivity contribution >= 4 is 64.9 Å². The van der Waals surface area contributed by atoms with E-state index in [2.05, 4.69) is 194 Å². The second-order valence-electron chi connectivity index (χ2n) is 16.0. The molecule has 0 spiro atoms. The Morgan fingerprint density at radius 1 is 0.283 bits per heavy atom. The molecule has 1 aliphatic rings. The van der Waals surface area contributed by atoms with Crippen molar-refractivity contribution in [3.05, 3.63) is 206 Å². The van der Waals surface area contributed by atoms with Crippen LogP contribution in [0.15, 0.2) is 206 Å². The van der Waals surface area contributed by atoms with Gasteiger partial charge in [0, 0.05) is 22.5 Å². The molecule has 0 amide bonds. The summed E-state index contributed by atoms with van der Waals surface area (Å²) in [6.07, 6.45) is 1.85. The van der Waals surface area contributed by atoms with Crippen LogP contribution < -0.4 is 0 Å². The zero-order valence-corrected chi connectivity index (χ0v) is 32.5. The number of nitrogens with zero attached hydrogens (tertiary/aromatic N) is 2. The summed E-state index contributed by atoms with van der Waals surface area (Å²) < 4.78 is 0. The van der Waals surface area contributed by atoms with E-state index in [-0.39, 0.29) is 0 Å². The first kappa shape index (κ1) is 33.1. The van der Waals surface area contributed by atoms with E-state index in [4.69, 9.17) is 9.97 Å². The van der Waals surface area contributed by atoms with Gasteiger partial charge in [-0.2, -0.15) is 0 Å². The number of rotatable bonds is 4. The molecule has 12 aromatic rings. The Morgan fingerprint density at radius 3 is 1.60 bits per heavy atom. The molecule has 0 saturated carbocycles. The number of hydrogen-bond donors (Lipinski definition) is 0. The smallest absolute Gasteiger partial charge is 0.0972 e. The van der Waals surface area contributed by atoms with Crippen LogP contribution in [0.1, 0.15) is 0 Å². The summed E-state index contributed by atoms with van der Waals surface area (Å²) in [6, 6.07) is 73.4. The number of aromatic nitrogens is 2. The molecule has 0 bridgehead atoms. The van der Waals surface area contributed by atoms with Crippen LogP contribution in [0.2, 0.25) is 0 Å². The molecule has 2 heteroatoms. The van der Waals surface area contributed by atoms with Crippen molar-refractivity contribution in [2.75, 3.05) is 0 Å². The summed E-state index contributed by atoms with van der Waals surface area (Å²) in [4.78, 5) is 9.91. The second-order valence-corrected chi connectivity index (χ2v) is 16.0. The van der Waals surface area contributed by atoms with Gasteiger partial charge in [-0.3, -0.25) is 4.98 Å². The third-order valence-electron chi connectivity index (χ3n) is 12.8. The summed E-state index contributed by atoms with van der Waals surface area (Å²) in [5, 5.41) is 12.2. The quantitative estimate of drug-likeness (QED) is 0.167. The highest BCUT2D eigenvalue weighted by Gasteiger charge is 2.31. The number of fused-ring (bicyclic) bond motifs is 10. The van der Waals surface area contributed by atoms with Gasteiger partial charge in [0.2, 0.25) is 0 Å². The van der Waals surface area contributed by atoms with Crippen LogP contribution in [0.5, 0.6) is 0 Å². The lowest BCUT2D eigenvalue weighted by atomic mass is 9.82. The van der Waals surface area contributed by atoms with E-state index in [0.717, 1.165) is 33.1 Å². The zero-order chi connectivity index (χ0) is 39.3. The highest BCUT2D eigenvalue weighted by Crippen LogP contribution is 2.58. The molecule has 276 valence electrons. The highest BCUT2D eigenvalue weighted by molar-refractivity contribution is 6.29. The van der Waals surface area contributed by atoms with Crippen LogP contribution in [0.25, 0.3) is 132 Å². The van der Waals surface area contributed by atoms with E-state index >= 15 is 0 Å². The fourth-order valence-electron chi connectivity index (χ4n) is 10.2. The summed E-state index contributed by atoms with van der Waals surface area (Å²) in [5.41, 5.74) is 16.7. The normalized spacial score (nSPS) is 12.0. The van der Waals surface area contributed by atoms with Crippen LogP contribution in [-0.4, -0.2) is 9.97 Å². The van der Waals surface area contributed by atoms with E-state index in [1.165, 1.54) is 98.7 Å². The van der Waals surface area contributed by atoms with Crippen molar-refractivity contribution in [1.29, 1.82) is 0 Å². The van der Waals surface area contributed by atoms with Crippen LogP contribution in [-0.2, 0) is 0 Å². The first-order valence-corrected chi connectivity index (χ1v) is 20.7. The number of hydrogen-bond acceptors (Lipinski definition) is 2. The minimum atomic E-state index is 0.931. The van der Waals surface area contributed by atoms with Crippen LogP contribution in [0.4, 0.5) is 0 Å².